The zero-order valence-corrected chi connectivity index (χ0v) is 14.9. The first-order chi connectivity index (χ1) is 10.1. The second kappa shape index (κ2) is 8.24. The van der Waals surface area contributed by atoms with E-state index in [1.54, 1.807) is 0 Å². The highest BCUT2D eigenvalue weighted by molar-refractivity contribution is 9.10. The minimum atomic E-state index is 0.527. The molecule has 0 amide bonds. The van der Waals surface area contributed by atoms with Crippen LogP contribution >= 0.6 is 39.7 Å². The van der Waals surface area contributed by atoms with Crippen LogP contribution < -0.4 is 10.6 Å². The fourth-order valence-electron chi connectivity index (χ4n) is 1.95. The molecule has 1 aliphatic heterocycles. The summed E-state index contributed by atoms with van der Waals surface area (Å²) in [4.78, 5) is 6.71. The number of aromatic nitrogens is 1. The van der Waals surface area contributed by atoms with Gasteiger partial charge in [-0.25, -0.2) is 4.98 Å². The summed E-state index contributed by atoms with van der Waals surface area (Å²) in [6.07, 6.45) is 0. The lowest BCUT2D eigenvalue weighted by atomic mass is 10.3. The Morgan fingerprint density at radius 3 is 2.95 bits per heavy atom. The summed E-state index contributed by atoms with van der Waals surface area (Å²) >= 11 is 14.8. The second-order valence-corrected chi connectivity index (χ2v) is 6.39. The lowest BCUT2D eigenvalue weighted by molar-refractivity contribution is 0.0389. The molecule has 1 fully saturated rings. The van der Waals surface area contributed by atoms with E-state index < -0.39 is 0 Å². The van der Waals surface area contributed by atoms with Gasteiger partial charge in [-0.05, 0) is 41.1 Å². The Morgan fingerprint density at radius 2 is 2.24 bits per heavy atom. The maximum atomic E-state index is 6.14. The van der Waals surface area contributed by atoms with E-state index in [4.69, 9.17) is 28.6 Å². The van der Waals surface area contributed by atoms with Crippen LogP contribution in [-0.4, -0.2) is 54.4 Å². The standard InChI is InChI=1S/C13H18BrClN4OS/c1-9-10(14)8-11(15)12(17-9)18-13(21)16-2-3-19-4-6-20-7-5-19/h8H,2-7H2,1H3,(H2,16,17,18,21). The largest absolute Gasteiger partial charge is 0.379 e. The van der Waals surface area contributed by atoms with Gasteiger partial charge in [-0.3, -0.25) is 4.90 Å². The van der Waals surface area contributed by atoms with Gasteiger partial charge in [-0.1, -0.05) is 11.6 Å². The van der Waals surface area contributed by atoms with Gasteiger partial charge in [0.25, 0.3) is 0 Å². The van der Waals surface area contributed by atoms with Gasteiger partial charge < -0.3 is 15.4 Å². The summed E-state index contributed by atoms with van der Waals surface area (Å²) in [5, 5.41) is 7.26. The molecule has 0 radical (unpaired) electrons. The van der Waals surface area contributed by atoms with Crippen molar-refractivity contribution >= 4 is 50.7 Å². The number of ether oxygens (including phenoxy) is 1. The first kappa shape index (κ1) is 16.9. The molecule has 116 valence electrons. The number of halogens is 2. The molecule has 1 aliphatic rings. The summed E-state index contributed by atoms with van der Waals surface area (Å²) in [6.45, 7) is 7.17. The number of hydrogen-bond acceptors (Lipinski definition) is 4. The van der Waals surface area contributed by atoms with Crippen LogP contribution in [-0.2, 0) is 4.74 Å². The van der Waals surface area contributed by atoms with Gasteiger partial charge >= 0.3 is 0 Å². The molecule has 1 saturated heterocycles. The van der Waals surface area contributed by atoms with E-state index in [9.17, 15) is 0 Å². The Bertz CT molecular complexity index is 511. The minimum Gasteiger partial charge on any atom is -0.379 e. The number of thiocarbonyl (C=S) groups is 1. The van der Waals surface area contributed by atoms with Crippen LogP contribution in [0.3, 0.4) is 0 Å². The fourth-order valence-corrected chi connectivity index (χ4v) is 2.80. The molecule has 2 rings (SSSR count). The number of morpholine rings is 1. The van der Waals surface area contributed by atoms with E-state index >= 15 is 0 Å². The number of hydrogen-bond donors (Lipinski definition) is 2. The van der Waals surface area contributed by atoms with E-state index in [2.05, 4.69) is 36.4 Å². The van der Waals surface area contributed by atoms with Crippen molar-refractivity contribution in [2.45, 2.75) is 6.92 Å². The van der Waals surface area contributed by atoms with Gasteiger partial charge in [0.15, 0.2) is 10.9 Å². The minimum absolute atomic E-state index is 0.527. The topological polar surface area (TPSA) is 49.4 Å². The van der Waals surface area contributed by atoms with Crippen LogP contribution in [0, 0.1) is 6.92 Å². The molecule has 5 nitrogen and oxygen atoms in total. The normalized spacial score (nSPS) is 15.8. The molecule has 0 spiro atoms. The van der Waals surface area contributed by atoms with Crippen molar-refractivity contribution < 1.29 is 4.74 Å². The first-order valence-corrected chi connectivity index (χ1v) is 8.32. The third-order valence-electron chi connectivity index (χ3n) is 3.15. The molecular weight excluding hydrogens is 376 g/mol. The Labute approximate surface area is 143 Å². The number of anilines is 1. The van der Waals surface area contributed by atoms with Crippen molar-refractivity contribution in [1.82, 2.24) is 15.2 Å². The average molecular weight is 394 g/mol. The van der Waals surface area contributed by atoms with Crippen molar-refractivity contribution in [3.8, 4) is 0 Å². The van der Waals surface area contributed by atoms with Crippen molar-refractivity contribution in [3.63, 3.8) is 0 Å². The van der Waals surface area contributed by atoms with Gasteiger partial charge in [-0.15, -0.1) is 0 Å². The van der Waals surface area contributed by atoms with Crippen LogP contribution in [0.5, 0.6) is 0 Å². The van der Waals surface area contributed by atoms with Gasteiger partial charge in [0.05, 0.1) is 23.9 Å². The van der Waals surface area contributed by atoms with Crippen molar-refractivity contribution in [3.05, 3.63) is 21.3 Å². The van der Waals surface area contributed by atoms with Crippen molar-refractivity contribution in [2.24, 2.45) is 0 Å². The molecule has 1 aromatic rings. The van der Waals surface area contributed by atoms with Gasteiger partial charge in [0.2, 0.25) is 0 Å². The monoisotopic (exact) mass is 392 g/mol. The summed E-state index contributed by atoms with van der Waals surface area (Å²) in [5.74, 6) is 0.571. The predicted octanol–water partition coefficient (Wildman–Crippen LogP) is 2.42. The molecular formula is C13H18BrClN4OS. The van der Waals surface area contributed by atoms with Gasteiger partial charge in [0, 0.05) is 30.7 Å². The SMILES string of the molecule is Cc1nc(NC(=S)NCCN2CCOCC2)c(Cl)cc1Br. The van der Waals surface area contributed by atoms with Gasteiger partial charge in [0.1, 0.15) is 0 Å². The lowest BCUT2D eigenvalue weighted by Gasteiger charge is -2.26. The maximum absolute atomic E-state index is 6.14. The third kappa shape index (κ3) is 5.34. The average Bonchev–Trinajstić information content (AvgIpc) is 2.46. The number of pyridine rings is 1. The number of rotatable bonds is 4. The molecule has 0 unspecified atom stereocenters. The van der Waals surface area contributed by atoms with Crippen molar-refractivity contribution in [2.75, 3.05) is 44.7 Å². The molecule has 21 heavy (non-hydrogen) atoms. The number of nitrogens with one attached hydrogen (secondary N) is 2. The number of aryl methyl sites for hydroxylation is 1. The number of nitrogens with zero attached hydrogens (tertiary/aromatic N) is 2. The molecule has 8 heteroatoms. The van der Waals surface area contributed by atoms with E-state index in [0.717, 1.165) is 49.6 Å². The molecule has 1 aromatic heterocycles. The molecule has 2 heterocycles. The molecule has 0 bridgehead atoms. The molecule has 2 N–H and O–H groups in total. The van der Waals surface area contributed by atoms with E-state index in [1.807, 2.05) is 13.0 Å². The smallest absolute Gasteiger partial charge is 0.172 e. The van der Waals surface area contributed by atoms with E-state index in [1.165, 1.54) is 0 Å². The van der Waals surface area contributed by atoms with Gasteiger partial charge in [-0.2, -0.15) is 0 Å². The first-order valence-electron chi connectivity index (χ1n) is 6.74. The van der Waals surface area contributed by atoms with Crippen molar-refractivity contribution in [1.29, 1.82) is 0 Å². The van der Waals surface area contributed by atoms with E-state index in [0.29, 0.717) is 16.0 Å². The Hall–Kier alpha value is -0.470. The zero-order valence-electron chi connectivity index (χ0n) is 11.8. The Kier molecular flexibility index (Phi) is 6.63. The van der Waals surface area contributed by atoms with Crippen LogP contribution in [0.4, 0.5) is 5.82 Å². The third-order valence-corrected chi connectivity index (χ3v) is 4.49. The lowest BCUT2D eigenvalue weighted by Crippen LogP contribution is -2.42. The summed E-state index contributed by atoms with van der Waals surface area (Å²) < 4.78 is 6.19. The van der Waals surface area contributed by atoms with E-state index in [-0.39, 0.29) is 0 Å². The van der Waals surface area contributed by atoms with Crippen LogP contribution in [0.1, 0.15) is 5.69 Å². The zero-order chi connectivity index (χ0) is 15.2. The van der Waals surface area contributed by atoms with Crippen LogP contribution in [0.25, 0.3) is 0 Å². The molecule has 0 aliphatic carbocycles. The summed E-state index contributed by atoms with van der Waals surface area (Å²) in [7, 11) is 0. The Morgan fingerprint density at radius 1 is 1.52 bits per heavy atom. The quantitative estimate of drug-likeness (QED) is 0.766. The molecule has 0 saturated carbocycles. The molecule has 0 atom stereocenters. The highest BCUT2D eigenvalue weighted by Gasteiger charge is 2.10. The van der Waals surface area contributed by atoms with Crippen LogP contribution in [0.15, 0.2) is 10.5 Å². The van der Waals surface area contributed by atoms with Crippen LogP contribution in [0.2, 0.25) is 5.02 Å². The molecule has 0 aromatic carbocycles. The fraction of sp³-hybridized carbons (Fsp3) is 0.538. The summed E-state index contributed by atoms with van der Waals surface area (Å²) in [5.41, 5.74) is 0.859. The second-order valence-electron chi connectivity index (χ2n) is 4.72. The highest BCUT2D eigenvalue weighted by atomic mass is 79.9. The Balaban J connectivity index is 1.77. The predicted molar refractivity (Wildman–Crippen MR) is 93.2 cm³/mol. The highest BCUT2D eigenvalue weighted by Crippen LogP contribution is 2.25. The summed E-state index contributed by atoms with van der Waals surface area (Å²) in [6, 6.07) is 1.81. The maximum Gasteiger partial charge on any atom is 0.172 e.